The monoisotopic (exact) mass is 324 g/mol. The highest BCUT2D eigenvalue weighted by atomic mass is 35.5. The van der Waals surface area contributed by atoms with Crippen LogP contribution in [0.5, 0.6) is 0 Å². The summed E-state index contributed by atoms with van der Waals surface area (Å²) in [5, 5.41) is 3.32. The van der Waals surface area contributed by atoms with Crippen LogP contribution in [0.1, 0.15) is 43.0 Å². The van der Waals surface area contributed by atoms with Crippen molar-refractivity contribution in [2.45, 2.75) is 38.6 Å². The summed E-state index contributed by atoms with van der Waals surface area (Å²) in [7, 11) is 0. The molecule has 120 valence electrons. The van der Waals surface area contributed by atoms with Crippen LogP contribution in [0.4, 0.5) is 5.69 Å². The predicted molar refractivity (Wildman–Crippen MR) is 85.7 cm³/mol. The van der Waals surface area contributed by atoms with Gasteiger partial charge in [0.2, 0.25) is 0 Å². The van der Waals surface area contributed by atoms with E-state index in [0.717, 1.165) is 19.3 Å². The molecule has 0 unspecified atom stereocenters. The fourth-order valence-corrected chi connectivity index (χ4v) is 2.87. The van der Waals surface area contributed by atoms with Gasteiger partial charge in [-0.3, -0.25) is 4.79 Å². The van der Waals surface area contributed by atoms with Crippen LogP contribution in [-0.4, -0.2) is 24.5 Å². The third kappa shape index (κ3) is 4.37. The van der Waals surface area contributed by atoms with Crippen LogP contribution in [0, 0.1) is 5.92 Å². The molecule has 0 bridgehead atoms. The van der Waals surface area contributed by atoms with E-state index in [1.54, 1.807) is 6.07 Å². The molecule has 1 aromatic rings. The van der Waals surface area contributed by atoms with E-state index in [9.17, 15) is 9.59 Å². The SMILES string of the molecule is C[C@@H]1CCCC[C@@H]1NC(=O)COC(=O)c1cc(Cl)ccc1N. The zero-order chi connectivity index (χ0) is 16.1. The summed E-state index contributed by atoms with van der Waals surface area (Å²) >= 11 is 5.83. The van der Waals surface area contributed by atoms with E-state index >= 15 is 0 Å². The van der Waals surface area contributed by atoms with Gasteiger partial charge < -0.3 is 15.8 Å². The molecule has 0 spiro atoms. The third-order valence-electron chi connectivity index (χ3n) is 4.03. The Bertz CT molecular complexity index is 562. The van der Waals surface area contributed by atoms with Crippen molar-refractivity contribution in [3.63, 3.8) is 0 Å². The van der Waals surface area contributed by atoms with Gasteiger partial charge in [-0.05, 0) is 37.0 Å². The highest BCUT2D eigenvalue weighted by molar-refractivity contribution is 6.31. The topological polar surface area (TPSA) is 81.4 Å². The average Bonchev–Trinajstić information content (AvgIpc) is 2.49. The van der Waals surface area contributed by atoms with E-state index < -0.39 is 5.97 Å². The molecule has 5 nitrogen and oxygen atoms in total. The molecule has 2 atom stereocenters. The molecule has 0 heterocycles. The number of hydrogen-bond donors (Lipinski definition) is 2. The van der Waals surface area contributed by atoms with E-state index in [2.05, 4.69) is 12.2 Å². The van der Waals surface area contributed by atoms with Crippen molar-refractivity contribution in [2.24, 2.45) is 5.92 Å². The molecule has 1 aliphatic rings. The maximum absolute atomic E-state index is 11.9. The summed E-state index contributed by atoms with van der Waals surface area (Å²) in [6.07, 6.45) is 4.41. The fourth-order valence-electron chi connectivity index (χ4n) is 2.69. The van der Waals surface area contributed by atoms with Crippen LogP contribution in [0.2, 0.25) is 5.02 Å². The number of carbonyl (C=O) groups excluding carboxylic acids is 2. The van der Waals surface area contributed by atoms with Crippen molar-refractivity contribution in [1.82, 2.24) is 5.32 Å². The molecule has 2 rings (SSSR count). The zero-order valence-corrected chi connectivity index (χ0v) is 13.4. The number of halogens is 1. The highest BCUT2D eigenvalue weighted by Crippen LogP contribution is 2.23. The first kappa shape index (κ1) is 16.6. The number of nitrogen functional groups attached to an aromatic ring is 1. The smallest absolute Gasteiger partial charge is 0.340 e. The van der Waals surface area contributed by atoms with E-state index in [0.29, 0.717) is 10.9 Å². The number of benzene rings is 1. The summed E-state index contributed by atoms with van der Waals surface area (Å²) in [6, 6.07) is 4.71. The molecule has 0 aromatic heterocycles. The van der Waals surface area contributed by atoms with Gasteiger partial charge in [-0.25, -0.2) is 4.79 Å². The number of rotatable bonds is 4. The molecule has 0 radical (unpaired) electrons. The number of nitrogens with two attached hydrogens (primary N) is 1. The Labute approximate surface area is 135 Å². The molecule has 6 heteroatoms. The van der Waals surface area contributed by atoms with E-state index in [1.165, 1.54) is 18.6 Å². The molecular formula is C16H21ClN2O3. The van der Waals surface area contributed by atoms with E-state index in [1.807, 2.05) is 0 Å². The van der Waals surface area contributed by atoms with Gasteiger partial charge in [0.25, 0.3) is 5.91 Å². The summed E-state index contributed by atoms with van der Waals surface area (Å²) in [5.41, 5.74) is 6.15. The molecule has 22 heavy (non-hydrogen) atoms. The van der Waals surface area contributed by atoms with Gasteiger partial charge >= 0.3 is 5.97 Å². The minimum Gasteiger partial charge on any atom is -0.452 e. The van der Waals surface area contributed by atoms with Crippen molar-refractivity contribution in [3.05, 3.63) is 28.8 Å². The normalized spacial score (nSPS) is 21.2. The number of nitrogens with one attached hydrogen (secondary N) is 1. The zero-order valence-electron chi connectivity index (χ0n) is 12.6. The standard InChI is InChI=1S/C16H21ClN2O3/c1-10-4-2-3-5-14(10)19-15(20)9-22-16(21)12-8-11(17)6-7-13(12)18/h6-8,10,14H,2-5,9,18H2,1H3,(H,19,20)/t10-,14+/m1/s1. The Morgan fingerprint density at radius 3 is 2.82 bits per heavy atom. The molecule has 1 amide bonds. The largest absolute Gasteiger partial charge is 0.452 e. The second kappa shape index (κ2) is 7.49. The number of hydrogen-bond acceptors (Lipinski definition) is 4. The Hall–Kier alpha value is -1.75. The van der Waals surface area contributed by atoms with E-state index in [4.69, 9.17) is 22.1 Å². The number of anilines is 1. The van der Waals surface area contributed by atoms with Gasteiger partial charge in [0.15, 0.2) is 6.61 Å². The number of carbonyl (C=O) groups is 2. The molecule has 1 aromatic carbocycles. The molecule has 1 saturated carbocycles. The molecule has 1 aliphatic carbocycles. The van der Waals surface area contributed by atoms with E-state index in [-0.39, 0.29) is 29.8 Å². The Morgan fingerprint density at radius 2 is 2.09 bits per heavy atom. The van der Waals surface area contributed by atoms with Crippen molar-refractivity contribution in [1.29, 1.82) is 0 Å². The predicted octanol–water partition coefficient (Wildman–Crippen LogP) is 2.77. The van der Waals surface area contributed by atoms with Gasteiger partial charge in [-0.15, -0.1) is 0 Å². The summed E-state index contributed by atoms with van der Waals surface area (Å²) in [6.45, 7) is 1.82. The van der Waals surface area contributed by atoms with Gasteiger partial charge in [0.05, 0.1) is 5.56 Å². The second-order valence-electron chi connectivity index (χ2n) is 5.74. The van der Waals surface area contributed by atoms with Crippen LogP contribution in [0.25, 0.3) is 0 Å². The van der Waals surface area contributed by atoms with Gasteiger partial charge in [0, 0.05) is 16.8 Å². The lowest BCUT2D eigenvalue weighted by Gasteiger charge is -2.29. The molecule has 3 N–H and O–H groups in total. The fraction of sp³-hybridized carbons (Fsp3) is 0.500. The lowest BCUT2D eigenvalue weighted by Crippen LogP contribution is -2.42. The molecule has 1 fully saturated rings. The quantitative estimate of drug-likeness (QED) is 0.659. The first-order valence-corrected chi connectivity index (χ1v) is 7.86. The lowest BCUT2D eigenvalue weighted by atomic mass is 9.86. The Balaban J connectivity index is 1.85. The minimum atomic E-state index is -0.646. The first-order chi connectivity index (χ1) is 10.5. The minimum absolute atomic E-state index is 0.163. The number of esters is 1. The van der Waals surface area contributed by atoms with Crippen molar-refractivity contribution < 1.29 is 14.3 Å². The van der Waals surface area contributed by atoms with Gasteiger partial charge in [-0.2, -0.15) is 0 Å². The van der Waals surface area contributed by atoms with Crippen LogP contribution in [-0.2, 0) is 9.53 Å². The summed E-state index contributed by atoms with van der Waals surface area (Å²) in [4.78, 5) is 23.8. The Morgan fingerprint density at radius 1 is 1.36 bits per heavy atom. The van der Waals surface area contributed by atoms with Crippen molar-refractivity contribution >= 4 is 29.2 Å². The van der Waals surface area contributed by atoms with Crippen LogP contribution in [0.3, 0.4) is 0 Å². The maximum atomic E-state index is 11.9. The first-order valence-electron chi connectivity index (χ1n) is 7.49. The van der Waals surface area contributed by atoms with Crippen LogP contribution in [0.15, 0.2) is 18.2 Å². The van der Waals surface area contributed by atoms with Gasteiger partial charge in [0.1, 0.15) is 0 Å². The molecular weight excluding hydrogens is 304 g/mol. The van der Waals surface area contributed by atoms with Gasteiger partial charge in [-0.1, -0.05) is 31.4 Å². The molecule has 0 aliphatic heterocycles. The Kier molecular flexibility index (Phi) is 5.66. The molecule has 0 saturated heterocycles. The average molecular weight is 325 g/mol. The third-order valence-corrected chi connectivity index (χ3v) is 4.26. The highest BCUT2D eigenvalue weighted by Gasteiger charge is 2.23. The van der Waals surface area contributed by atoms with Crippen molar-refractivity contribution in [2.75, 3.05) is 12.3 Å². The van der Waals surface area contributed by atoms with Crippen LogP contribution >= 0.6 is 11.6 Å². The van der Waals surface area contributed by atoms with Crippen molar-refractivity contribution in [3.8, 4) is 0 Å². The summed E-state index contributed by atoms with van der Waals surface area (Å²) < 4.78 is 5.01. The second-order valence-corrected chi connectivity index (χ2v) is 6.18. The van der Waals surface area contributed by atoms with Crippen LogP contribution < -0.4 is 11.1 Å². The summed E-state index contributed by atoms with van der Waals surface area (Å²) in [5.74, 6) is -0.475. The maximum Gasteiger partial charge on any atom is 0.340 e. The number of ether oxygens (including phenoxy) is 1. The lowest BCUT2D eigenvalue weighted by molar-refractivity contribution is -0.125. The number of amides is 1.